The van der Waals surface area contributed by atoms with E-state index in [9.17, 15) is 4.79 Å². The van der Waals surface area contributed by atoms with Crippen LogP contribution in [0.25, 0.3) is 11.2 Å². The molecule has 198 valence electrons. The molecule has 5 rings (SSSR count). The highest BCUT2D eigenvalue weighted by Crippen LogP contribution is 2.58. The lowest BCUT2D eigenvalue weighted by Crippen LogP contribution is -2.55. The number of imidazole rings is 1. The molecule has 2 aliphatic heterocycles. The van der Waals surface area contributed by atoms with E-state index in [1.54, 1.807) is 37.2 Å². The van der Waals surface area contributed by atoms with Crippen LogP contribution in [-0.2, 0) is 18.3 Å². The Labute approximate surface area is 218 Å². The summed E-state index contributed by atoms with van der Waals surface area (Å²) in [6, 6.07) is 9.05. The smallest absolute Gasteiger partial charge is 0.351 e. The van der Waals surface area contributed by atoms with E-state index in [2.05, 4.69) is 56.5 Å². The van der Waals surface area contributed by atoms with Gasteiger partial charge in [-0.1, -0.05) is 59.7 Å². The van der Waals surface area contributed by atoms with Crippen molar-refractivity contribution in [3.63, 3.8) is 0 Å². The molecule has 4 atom stereocenters. The summed E-state index contributed by atoms with van der Waals surface area (Å²) in [5.41, 5.74) is 1.57. The molecule has 0 aliphatic carbocycles. The number of anilines is 1. The molecule has 2 fully saturated rings. The zero-order valence-electron chi connectivity index (χ0n) is 22.6. The van der Waals surface area contributed by atoms with Crippen molar-refractivity contribution in [1.82, 2.24) is 19.5 Å². The van der Waals surface area contributed by atoms with Crippen LogP contribution >= 0.6 is 0 Å². The Morgan fingerprint density at radius 3 is 2.32 bits per heavy atom. The quantitative estimate of drug-likeness (QED) is 0.461. The van der Waals surface area contributed by atoms with E-state index >= 15 is 0 Å². The molecular weight excluding hydrogens is 490 g/mol. The van der Waals surface area contributed by atoms with E-state index in [0.717, 1.165) is 0 Å². The third kappa shape index (κ3) is 4.00. The summed E-state index contributed by atoms with van der Waals surface area (Å²) in [5.74, 6) is 0.216. The number of aromatic nitrogens is 4. The number of ether oxygens (including phenoxy) is 2. The van der Waals surface area contributed by atoms with Crippen LogP contribution in [0.5, 0.6) is 0 Å². The fourth-order valence-electron chi connectivity index (χ4n) is 5.66. The van der Waals surface area contributed by atoms with Gasteiger partial charge in [0.2, 0.25) is 0 Å². The number of methoxy groups -OCH3 is 1. The van der Waals surface area contributed by atoms with E-state index in [4.69, 9.17) is 18.3 Å². The van der Waals surface area contributed by atoms with Gasteiger partial charge in [0.15, 0.2) is 29.5 Å². The summed E-state index contributed by atoms with van der Waals surface area (Å²) in [4.78, 5) is 27.9. The molecule has 0 saturated carbocycles. The third-order valence-corrected chi connectivity index (χ3v) is 12.4. The fraction of sp³-hybridized carbons (Fsp3) is 0.538. The number of fused-ring (bicyclic) bond motifs is 2. The van der Waals surface area contributed by atoms with E-state index in [1.165, 1.54) is 11.2 Å². The molecule has 0 bridgehead atoms. The molecule has 1 aromatic carbocycles. The second kappa shape index (κ2) is 8.95. The lowest BCUT2D eigenvalue weighted by molar-refractivity contribution is -0.113. The predicted octanol–water partition coefficient (Wildman–Crippen LogP) is 4.43. The van der Waals surface area contributed by atoms with Crippen LogP contribution in [0.1, 0.15) is 58.1 Å². The zero-order chi connectivity index (χ0) is 26.8. The zero-order valence-corrected chi connectivity index (χ0v) is 23.6. The minimum Gasteiger partial charge on any atom is -0.382 e. The van der Waals surface area contributed by atoms with Gasteiger partial charge in [0, 0.05) is 29.8 Å². The lowest BCUT2D eigenvalue weighted by Gasteiger charge is -2.46. The first-order valence-corrected chi connectivity index (χ1v) is 14.3. The number of carbonyl (C=O) groups is 1. The molecule has 37 heavy (non-hydrogen) atoms. The molecule has 0 spiro atoms. The summed E-state index contributed by atoms with van der Waals surface area (Å²) < 4.78 is 27.7. The third-order valence-electron chi connectivity index (χ3n) is 7.23. The van der Waals surface area contributed by atoms with Crippen LogP contribution in [-0.4, -0.2) is 66.6 Å². The average Bonchev–Trinajstić information content (AvgIpc) is 3.53. The SMILES string of the molecule is CO[C@@H]1[C@@H]2O[Si](C(C)(C)C)(C(C)(C)C)O[C@H]2O[C@H]1n1cnc2c(N(C)C(=O)c3ccccc3)ncnc21. The number of nitrogens with zero attached hydrogens (tertiary/aromatic N) is 5. The molecule has 0 N–H and O–H groups in total. The monoisotopic (exact) mass is 525 g/mol. The average molecular weight is 526 g/mol. The van der Waals surface area contributed by atoms with Gasteiger partial charge < -0.3 is 18.3 Å². The number of hydrogen-bond acceptors (Lipinski definition) is 8. The van der Waals surface area contributed by atoms with Crippen LogP contribution in [0.4, 0.5) is 5.82 Å². The van der Waals surface area contributed by atoms with Gasteiger partial charge in [-0.2, -0.15) is 0 Å². The van der Waals surface area contributed by atoms with Gasteiger partial charge in [-0.15, -0.1) is 0 Å². The summed E-state index contributed by atoms with van der Waals surface area (Å²) in [7, 11) is 0.597. The van der Waals surface area contributed by atoms with Gasteiger partial charge >= 0.3 is 8.56 Å². The molecule has 3 aromatic rings. The molecule has 0 radical (unpaired) electrons. The molecular formula is C26H35N5O5Si. The highest BCUT2D eigenvalue weighted by Gasteiger charge is 2.69. The van der Waals surface area contributed by atoms with Gasteiger partial charge in [0.1, 0.15) is 18.5 Å². The van der Waals surface area contributed by atoms with Crippen LogP contribution in [0.2, 0.25) is 10.1 Å². The standard InChI is InChI=1S/C26H35N5O5Si/c1-25(2,3)37(26(4,5)6)35-19-18(33-8)23(34-24(19)36-37)31-15-29-17-20(27-14-28-21(17)31)30(7)22(32)16-12-10-9-11-13-16/h9-15,18-19,23-24H,1-8H3/t18-,19+,23-,24-/m1/s1. The molecule has 4 heterocycles. The number of hydrogen-bond donors (Lipinski definition) is 0. The van der Waals surface area contributed by atoms with Crippen molar-refractivity contribution in [1.29, 1.82) is 0 Å². The maximum absolute atomic E-state index is 13.1. The Kier molecular flexibility index (Phi) is 6.27. The molecule has 0 unspecified atom stereocenters. The number of amides is 1. The molecule has 2 saturated heterocycles. The number of rotatable bonds is 4. The minimum absolute atomic E-state index is 0.174. The van der Waals surface area contributed by atoms with Gasteiger partial charge in [-0.3, -0.25) is 14.3 Å². The molecule has 11 heteroatoms. The van der Waals surface area contributed by atoms with Crippen LogP contribution in [0.3, 0.4) is 0 Å². The normalized spacial score (nSPS) is 25.4. The Morgan fingerprint density at radius 1 is 1.03 bits per heavy atom. The molecule has 10 nitrogen and oxygen atoms in total. The largest absolute Gasteiger partial charge is 0.382 e. The lowest BCUT2D eigenvalue weighted by atomic mass is 10.2. The Hall–Kier alpha value is -2.70. The Morgan fingerprint density at radius 2 is 1.70 bits per heavy atom. The number of benzene rings is 1. The molecule has 1 amide bonds. The summed E-state index contributed by atoms with van der Waals surface area (Å²) >= 11 is 0. The van der Waals surface area contributed by atoms with E-state index in [-0.39, 0.29) is 22.1 Å². The fourth-order valence-corrected chi connectivity index (χ4v) is 10.5. The van der Waals surface area contributed by atoms with E-state index in [0.29, 0.717) is 22.5 Å². The summed E-state index contributed by atoms with van der Waals surface area (Å²) in [5, 5.41) is -0.348. The van der Waals surface area contributed by atoms with Crippen molar-refractivity contribution in [3.8, 4) is 0 Å². The van der Waals surface area contributed by atoms with Crippen molar-refractivity contribution < 1.29 is 23.1 Å². The first kappa shape index (κ1) is 25.9. The van der Waals surface area contributed by atoms with Gasteiger partial charge in [0.05, 0.1) is 6.33 Å². The van der Waals surface area contributed by atoms with Crippen molar-refractivity contribution in [2.24, 2.45) is 0 Å². The van der Waals surface area contributed by atoms with Crippen molar-refractivity contribution >= 4 is 31.4 Å². The second-order valence-electron chi connectivity index (χ2n) is 11.7. The highest BCUT2D eigenvalue weighted by molar-refractivity contribution is 6.74. The number of carbonyl (C=O) groups excluding carboxylic acids is 1. The van der Waals surface area contributed by atoms with E-state index in [1.807, 2.05) is 18.2 Å². The van der Waals surface area contributed by atoms with Crippen molar-refractivity contribution in [2.45, 2.75) is 76.3 Å². The van der Waals surface area contributed by atoms with Gasteiger partial charge in [-0.05, 0) is 12.1 Å². The second-order valence-corrected chi connectivity index (χ2v) is 16.4. The van der Waals surface area contributed by atoms with Crippen molar-refractivity contribution in [3.05, 3.63) is 48.5 Å². The van der Waals surface area contributed by atoms with Crippen LogP contribution < -0.4 is 4.90 Å². The molecule has 2 aromatic heterocycles. The van der Waals surface area contributed by atoms with Crippen LogP contribution in [0.15, 0.2) is 43.0 Å². The summed E-state index contributed by atoms with van der Waals surface area (Å²) in [6.07, 6.45) is 1.09. The summed E-state index contributed by atoms with van der Waals surface area (Å²) in [6.45, 7) is 13.0. The van der Waals surface area contributed by atoms with E-state index < -0.39 is 27.2 Å². The Balaban J connectivity index is 1.47. The first-order valence-electron chi connectivity index (χ1n) is 12.4. The topological polar surface area (TPSA) is 101 Å². The Bertz CT molecular complexity index is 1290. The predicted molar refractivity (Wildman–Crippen MR) is 140 cm³/mol. The van der Waals surface area contributed by atoms with Crippen molar-refractivity contribution in [2.75, 3.05) is 19.1 Å². The minimum atomic E-state index is -2.73. The molecule has 2 aliphatic rings. The highest BCUT2D eigenvalue weighted by atomic mass is 28.4. The maximum Gasteiger partial charge on any atom is 0.351 e. The van der Waals surface area contributed by atoms with Gasteiger partial charge in [-0.25, -0.2) is 15.0 Å². The maximum atomic E-state index is 13.1. The first-order chi connectivity index (χ1) is 17.4. The van der Waals surface area contributed by atoms with Crippen LogP contribution in [0, 0.1) is 0 Å². The van der Waals surface area contributed by atoms with Gasteiger partial charge in [0.25, 0.3) is 5.91 Å².